The topological polar surface area (TPSA) is 86.6 Å². The SMILES string of the molecule is CC(C)c1ccc(O)cc1-c1ncc2c(N3CC4CCC(C3)N4)nc(OCC34CCCN3CCC4)nc2c1F. The third-order valence-electron chi connectivity index (χ3n) is 9.35. The first-order chi connectivity index (χ1) is 18.9. The van der Waals surface area contributed by atoms with Gasteiger partial charge in [-0.1, -0.05) is 19.9 Å². The summed E-state index contributed by atoms with van der Waals surface area (Å²) in [6.07, 6.45) is 8.57. The van der Waals surface area contributed by atoms with Crippen LogP contribution in [0.2, 0.25) is 0 Å². The number of phenolic OH excluding ortho intramolecular Hbond substituents is 1. The first-order valence-corrected chi connectivity index (χ1v) is 14.5. The largest absolute Gasteiger partial charge is 0.508 e. The van der Waals surface area contributed by atoms with Gasteiger partial charge in [0.15, 0.2) is 5.82 Å². The van der Waals surface area contributed by atoms with Gasteiger partial charge < -0.3 is 20.1 Å². The lowest BCUT2D eigenvalue weighted by Crippen LogP contribution is -2.51. The molecule has 7 rings (SSSR count). The summed E-state index contributed by atoms with van der Waals surface area (Å²) in [5.41, 5.74) is 1.95. The second-order valence-electron chi connectivity index (χ2n) is 12.2. The lowest BCUT2D eigenvalue weighted by molar-refractivity contribution is 0.108. The molecule has 2 unspecified atom stereocenters. The normalized spacial score (nSPS) is 24.2. The van der Waals surface area contributed by atoms with Crippen molar-refractivity contribution in [3.8, 4) is 23.0 Å². The maximum atomic E-state index is 16.4. The van der Waals surface area contributed by atoms with E-state index in [0.29, 0.717) is 35.5 Å². The predicted molar refractivity (Wildman–Crippen MR) is 149 cm³/mol. The lowest BCUT2D eigenvalue weighted by atomic mass is 9.94. The summed E-state index contributed by atoms with van der Waals surface area (Å²) < 4.78 is 22.8. The Kier molecular flexibility index (Phi) is 6.12. The first-order valence-electron chi connectivity index (χ1n) is 14.5. The van der Waals surface area contributed by atoms with Gasteiger partial charge in [-0.05, 0) is 75.2 Å². The molecule has 0 amide bonds. The van der Waals surface area contributed by atoms with Crippen molar-refractivity contribution < 1.29 is 14.2 Å². The monoisotopic (exact) mass is 532 g/mol. The number of ether oxygens (including phenoxy) is 1. The van der Waals surface area contributed by atoms with Crippen LogP contribution < -0.4 is 15.0 Å². The molecule has 4 aliphatic rings. The average molecular weight is 533 g/mol. The fourth-order valence-corrected chi connectivity index (χ4v) is 7.40. The van der Waals surface area contributed by atoms with Gasteiger partial charge in [0.25, 0.3) is 0 Å². The molecule has 2 atom stereocenters. The minimum absolute atomic E-state index is 0.0440. The molecule has 0 spiro atoms. The van der Waals surface area contributed by atoms with E-state index in [1.165, 1.54) is 12.8 Å². The molecule has 4 saturated heterocycles. The third kappa shape index (κ3) is 4.30. The molecular weight excluding hydrogens is 495 g/mol. The predicted octanol–water partition coefficient (Wildman–Crippen LogP) is 4.61. The van der Waals surface area contributed by atoms with Gasteiger partial charge in [0, 0.05) is 36.9 Å². The minimum atomic E-state index is -0.506. The molecule has 6 heterocycles. The van der Waals surface area contributed by atoms with E-state index in [4.69, 9.17) is 9.72 Å². The van der Waals surface area contributed by atoms with Crippen molar-refractivity contribution in [1.29, 1.82) is 0 Å². The van der Waals surface area contributed by atoms with E-state index in [-0.39, 0.29) is 34.4 Å². The van der Waals surface area contributed by atoms with Gasteiger partial charge in [-0.2, -0.15) is 9.97 Å². The Morgan fingerprint density at radius 3 is 2.59 bits per heavy atom. The van der Waals surface area contributed by atoms with Crippen LogP contribution in [0.3, 0.4) is 0 Å². The average Bonchev–Trinajstić information content (AvgIpc) is 3.61. The highest BCUT2D eigenvalue weighted by Gasteiger charge is 2.45. The smallest absolute Gasteiger partial charge is 0.319 e. The number of aromatic hydroxyl groups is 1. The zero-order chi connectivity index (χ0) is 26.7. The molecule has 0 saturated carbocycles. The fraction of sp³-hybridized carbons (Fsp3) is 0.567. The van der Waals surface area contributed by atoms with Crippen LogP contribution in [-0.4, -0.2) is 75.4 Å². The molecule has 39 heavy (non-hydrogen) atoms. The molecular formula is C30H37FN6O2. The van der Waals surface area contributed by atoms with Crippen molar-refractivity contribution in [2.45, 2.75) is 75.9 Å². The standard InChI is InChI=1S/C30H37FN6O2/c1-18(2)22-8-7-21(38)13-23(22)26-25(31)27-24(14-32-26)28(36-15-19-5-6-20(16-36)33-19)35-29(34-27)39-17-30-9-3-11-37(30)12-4-10-30/h7-8,13-14,18-20,33,38H,3-6,9-12,15-17H2,1-2H3. The van der Waals surface area contributed by atoms with Gasteiger partial charge in [-0.15, -0.1) is 0 Å². The van der Waals surface area contributed by atoms with Crippen LogP contribution >= 0.6 is 0 Å². The number of pyridine rings is 1. The first kappa shape index (κ1) is 25.0. The van der Waals surface area contributed by atoms with Gasteiger partial charge in [-0.25, -0.2) is 4.39 Å². The van der Waals surface area contributed by atoms with E-state index in [1.807, 2.05) is 6.07 Å². The highest BCUT2D eigenvalue weighted by Crippen LogP contribution is 2.40. The highest BCUT2D eigenvalue weighted by molar-refractivity contribution is 5.92. The summed E-state index contributed by atoms with van der Waals surface area (Å²) >= 11 is 0. The molecule has 2 N–H and O–H groups in total. The number of halogens is 1. The van der Waals surface area contributed by atoms with Crippen molar-refractivity contribution in [1.82, 2.24) is 25.2 Å². The minimum Gasteiger partial charge on any atom is -0.508 e. The van der Waals surface area contributed by atoms with Crippen LogP contribution in [0, 0.1) is 5.82 Å². The number of nitrogens with one attached hydrogen (secondary N) is 1. The Labute approximate surface area is 228 Å². The maximum Gasteiger partial charge on any atom is 0.319 e. The summed E-state index contributed by atoms with van der Waals surface area (Å²) in [5, 5.41) is 14.5. The molecule has 2 aromatic heterocycles. The van der Waals surface area contributed by atoms with Gasteiger partial charge in [-0.3, -0.25) is 9.88 Å². The molecule has 0 aliphatic carbocycles. The van der Waals surface area contributed by atoms with Crippen LogP contribution in [0.25, 0.3) is 22.2 Å². The van der Waals surface area contributed by atoms with Crippen molar-refractivity contribution in [2.75, 3.05) is 37.7 Å². The van der Waals surface area contributed by atoms with Crippen molar-refractivity contribution in [3.05, 3.63) is 35.8 Å². The van der Waals surface area contributed by atoms with E-state index < -0.39 is 5.82 Å². The summed E-state index contributed by atoms with van der Waals surface area (Å²) in [4.78, 5) is 19.0. The van der Waals surface area contributed by atoms with Crippen LogP contribution in [0.5, 0.6) is 11.8 Å². The number of hydrogen-bond acceptors (Lipinski definition) is 8. The number of piperazine rings is 1. The van der Waals surface area contributed by atoms with Crippen molar-refractivity contribution >= 4 is 16.7 Å². The molecule has 3 aromatic rings. The number of phenols is 1. The summed E-state index contributed by atoms with van der Waals surface area (Å²) in [5.74, 6) is 0.400. The van der Waals surface area contributed by atoms with Gasteiger partial charge >= 0.3 is 6.01 Å². The van der Waals surface area contributed by atoms with E-state index in [0.717, 1.165) is 57.4 Å². The van der Waals surface area contributed by atoms with Crippen molar-refractivity contribution in [2.24, 2.45) is 0 Å². The van der Waals surface area contributed by atoms with Gasteiger partial charge in [0.2, 0.25) is 0 Å². The highest BCUT2D eigenvalue weighted by atomic mass is 19.1. The Morgan fingerprint density at radius 2 is 1.87 bits per heavy atom. The van der Waals surface area contributed by atoms with E-state index in [1.54, 1.807) is 18.3 Å². The molecule has 4 aliphatic heterocycles. The van der Waals surface area contributed by atoms with Crippen molar-refractivity contribution in [3.63, 3.8) is 0 Å². The third-order valence-corrected chi connectivity index (χ3v) is 9.35. The number of rotatable bonds is 6. The zero-order valence-corrected chi connectivity index (χ0v) is 22.8. The van der Waals surface area contributed by atoms with E-state index in [2.05, 4.69) is 38.9 Å². The molecule has 9 heteroatoms. The number of fused-ring (bicyclic) bond motifs is 4. The number of benzene rings is 1. The summed E-state index contributed by atoms with van der Waals surface area (Å²) in [7, 11) is 0. The lowest BCUT2D eigenvalue weighted by Gasteiger charge is -2.34. The quantitative estimate of drug-likeness (QED) is 0.476. The molecule has 2 bridgehead atoms. The second kappa shape index (κ2) is 9.55. The molecule has 1 aromatic carbocycles. The zero-order valence-electron chi connectivity index (χ0n) is 22.8. The maximum absolute atomic E-state index is 16.4. The molecule has 8 nitrogen and oxygen atoms in total. The fourth-order valence-electron chi connectivity index (χ4n) is 7.40. The van der Waals surface area contributed by atoms with Crippen LogP contribution in [-0.2, 0) is 0 Å². The number of anilines is 1. The Bertz CT molecular complexity index is 1390. The molecule has 206 valence electrons. The molecule has 4 fully saturated rings. The number of nitrogens with zero attached hydrogens (tertiary/aromatic N) is 5. The van der Waals surface area contributed by atoms with E-state index >= 15 is 4.39 Å². The van der Waals surface area contributed by atoms with Gasteiger partial charge in [0.05, 0.1) is 10.9 Å². The Balaban J connectivity index is 1.33. The van der Waals surface area contributed by atoms with E-state index in [9.17, 15) is 5.11 Å². The van der Waals surface area contributed by atoms with Crippen LogP contribution in [0.4, 0.5) is 10.2 Å². The number of aromatic nitrogens is 3. The summed E-state index contributed by atoms with van der Waals surface area (Å²) in [6.45, 7) is 8.47. The van der Waals surface area contributed by atoms with Crippen LogP contribution in [0.1, 0.15) is 63.9 Å². The summed E-state index contributed by atoms with van der Waals surface area (Å²) in [6, 6.07) is 6.10. The van der Waals surface area contributed by atoms with Gasteiger partial charge in [0.1, 0.15) is 29.4 Å². The number of hydrogen-bond donors (Lipinski definition) is 2. The Hall–Kier alpha value is -3.04. The second-order valence-corrected chi connectivity index (χ2v) is 12.2. The molecule has 0 radical (unpaired) electrons. The Morgan fingerprint density at radius 1 is 1.13 bits per heavy atom. The van der Waals surface area contributed by atoms with Crippen LogP contribution in [0.15, 0.2) is 24.4 Å².